The first kappa shape index (κ1) is 15.1. The number of benzene rings is 2. The lowest BCUT2D eigenvalue weighted by molar-refractivity contribution is -0.115. The molecule has 1 amide bonds. The van der Waals surface area contributed by atoms with Crippen LogP contribution in [0.2, 0.25) is 5.02 Å². The zero-order valence-electron chi connectivity index (χ0n) is 11.6. The van der Waals surface area contributed by atoms with Gasteiger partial charge in [-0.05, 0) is 36.8 Å². The van der Waals surface area contributed by atoms with Crippen LogP contribution in [0.15, 0.2) is 46.9 Å². The van der Waals surface area contributed by atoms with E-state index in [-0.39, 0.29) is 5.91 Å². The zero-order chi connectivity index (χ0) is 15.7. The number of aromatic nitrogens is 1. The highest BCUT2D eigenvalue weighted by Gasteiger charge is 2.23. The Balaban J connectivity index is 1.83. The van der Waals surface area contributed by atoms with Crippen LogP contribution >= 0.6 is 27.5 Å². The van der Waals surface area contributed by atoms with Crippen LogP contribution in [-0.4, -0.2) is 10.9 Å². The van der Waals surface area contributed by atoms with E-state index in [1.165, 1.54) is 0 Å². The van der Waals surface area contributed by atoms with Gasteiger partial charge in [0.2, 0.25) is 11.8 Å². The Kier molecular flexibility index (Phi) is 4.18. The second-order valence-corrected chi connectivity index (χ2v) is 6.18. The number of carbonyl (C=O) groups is 1. The highest BCUT2D eigenvalue weighted by molar-refractivity contribution is 9.09. The van der Waals surface area contributed by atoms with Crippen LogP contribution in [0.3, 0.4) is 0 Å². The second kappa shape index (κ2) is 6.10. The molecule has 1 aromatic heterocycles. The maximum absolute atomic E-state index is 12.3. The first-order valence-corrected chi connectivity index (χ1v) is 7.90. The van der Waals surface area contributed by atoms with Crippen molar-refractivity contribution >= 4 is 50.2 Å². The summed E-state index contributed by atoms with van der Waals surface area (Å²) in [6, 6.07) is 12.8. The fourth-order valence-electron chi connectivity index (χ4n) is 2.04. The van der Waals surface area contributed by atoms with Crippen molar-refractivity contribution in [3.05, 3.63) is 58.9 Å². The highest BCUT2D eigenvalue weighted by atomic mass is 79.9. The number of anilines is 1. The maximum Gasteiger partial charge on any atom is 0.247 e. The number of fused-ring (bicyclic) bond motifs is 1. The van der Waals surface area contributed by atoms with Gasteiger partial charge in [-0.1, -0.05) is 45.7 Å². The molecule has 0 saturated heterocycles. The minimum Gasteiger partial charge on any atom is -0.439 e. The van der Waals surface area contributed by atoms with Crippen molar-refractivity contribution in [2.75, 3.05) is 5.32 Å². The molecule has 1 N–H and O–H groups in total. The first-order valence-electron chi connectivity index (χ1n) is 6.61. The van der Waals surface area contributed by atoms with Crippen molar-refractivity contribution in [3.8, 4) is 0 Å². The number of alkyl halides is 1. The van der Waals surface area contributed by atoms with E-state index in [9.17, 15) is 4.79 Å². The molecule has 0 aliphatic rings. The first-order chi connectivity index (χ1) is 10.5. The minimum atomic E-state index is -0.698. The summed E-state index contributed by atoms with van der Waals surface area (Å²) in [5, 5.41) is 3.26. The SMILES string of the molecule is Cc1ccc(Cl)c(NC(=O)C(Br)c2nc3ccccc3o2)c1. The van der Waals surface area contributed by atoms with Gasteiger partial charge in [0.15, 0.2) is 10.4 Å². The number of aryl methyl sites for hydroxylation is 1. The van der Waals surface area contributed by atoms with Crippen molar-refractivity contribution in [1.82, 2.24) is 4.98 Å². The van der Waals surface area contributed by atoms with Crippen molar-refractivity contribution in [3.63, 3.8) is 0 Å². The fourth-order valence-corrected chi connectivity index (χ4v) is 2.52. The van der Waals surface area contributed by atoms with Crippen molar-refractivity contribution < 1.29 is 9.21 Å². The van der Waals surface area contributed by atoms with Gasteiger partial charge in [-0.3, -0.25) is 4.79 Å². The normalized spacial score (nSPS) is 12.3. The summed E-state index contributed by atoms with van der Waals surface area (Å²) >= 11 is 9.40. The minimum absolute atomic E-state index is 0.293. The molecule has 1 heterocycles. The van der Waals surface area contributed by atoms with Crippen LogP contribution in [-0.2, 0) is 4.79 Å². The number of carbonyl (C=O) groups excluding carboxylic acids is 1. The lowest BCUT2D eigenvalue weighted by Crippen LogP contribution is -2.17. The third kappa shape index (κ3) is 3.00. The quantitative estimate of drug-likeness (QED) is 0.661. The standard InChI is InChI=1S/C16H12BrClN2O2/c1-9-6-7-10(18)12(8-9)19-15(21)14(17)16-20-11-4-2-3-5-13(11)22-16/h2-8,14H,1H3,(H,19,21). The molecular formula is C16H12BrClN2O2. The van der Waals surface area contributed by atoms with Gasteiger partial charge >= 0.3 is 0 Å². The lowest BCUT2D eigenvalue weighted by Gasteiger charge is -2.10. The largest absolute Gasteiger partial charge is 0.439 e. The summed E-state index contributed by atoms with van der Waals surface area (Å²) < 4.78 is 5.59. The molecule has 4 nitrogen and oxygen atoms in total. The van der Waals surface area contributed by atoms with Crippen LogP contribution in [0.1, 0.15) is 16.3 Å². The van der Waals surface area contributed by atoms with Gasteiger partial charge in [0.1, 0.15) is 5.52 Å². The van der Waals surface area contributed by atoms with Gasteiger partial charge in [-0.25, -0.2) is 4.98 Å². The molecule has 0 spiro atoms. The van der Waals surface area contributed by atoms with Gasteiger partial charge in [0, 0.05) is 0 Å². The van der Waals surface area contributed by atoms with Crippen LogP contribution in [0.25, 0.3) is 11.1 Å². The molecule has 1 unspecified atom stereocenters. The van der Waals surface area contributed by atoms with E-state index in [4.69, 9.17) is 16.0 Å². The molecule has 3 rings (SSSR count). The molecule has 0 bridgehead atoms. The van der Waals surface area contributed by atoms with Crippen molar-refractivity contribution in [2.45, 2.75) is 11.8 Å². The molecule has 0 radical (unpaired) electrons. The van der Waals surface area contributed by atoms with Crippen molar-refractivity contribution in [2.24, 2.45) is 0 Å². The third-order valence-electron chi connectivity index (χ3n) is 3.14. The summed E-state index contributed by atoms with van der Waals surface area (Å²) in [5.74, 6) is 0.0153. The average Bonchev–Trinajstić information content (AvgIpc) is 2.94. The molecule has 3 aromatic rings. The van der Waals surface area contributed by atoms with E-state index < -0.39 is 4.83 Å². The molecular weight excluding hydrogens is 368 g/mol. The Bertz CT molecular complexity index is 814. The Morgan fingerprint density at radius 3 is 2.86 bits per heavy atom. The molecule has 1 atom stereocenters. The Morgan fingerprint density at radius 2 is 2.09 bits per heavy atom. The molecule has 0 aliphatic carbocycles. The molecule has 0 aliphatic heterocycles. The molecule has 0 fully saturated rings. The summed E-state index contributed by atoms with van der Waals surface area (Å²) in [4.78, 5) is 15.9. The number of amides is 1. The zero-order valence-corrected chi connectivity index (χ0v) is 14.0. The smallest absolute Gasteiger partial charge is 0.247 e. The highest BCUT2D eigenvalue weighted by Crippen LogP contribution is 2.29. The summed E-state index contributed by atoms with van der Waals surface area (Å²) in [6.07, 6.45) is 0. The van der Waals surface area contributed by atoms with E-state index in [0.717, 1.165) is 5.56 Å². The predicted molar refractivity (Wildman–Crippen MR) is 90.5 cm³/mol. The molecule has 2 aromatic carbocycles. The van der Waals surface area contributed by atoms with E-state index in [0.29, 0.717) is 27.7 Å². The third-order valence-corrected chi connectivity index (χ3v) is 4.27. The number of rotatable bonds is 3. The van der Waals surface area contributed by atoms with Crippen molar-refractivity contribution in [1.29, 1.82) is 0 Å². The van der Waals surface area contributed by atoms with Gasteiger partial charge in [-0.2, -0.15) is 0 Å². The monoisotopic (exact) mass is 378 g/mol. The van der Waals surface area contributed by atoms with Gasteiger partial charge in [-0.15, -0.1) is 0 Å². The molecule has 6 heteroatoms. The van der Waals surface area contributed by atoms with Crippen LogP contribution < -0.4 is 5.32 Å². The Morgan fingerprint density at radius 1 is 1.32 bits per heavy atom. The number of nitrogens with zero attached hydrogens (tertiary/aromatic N) is 1. The van der Waals surface area contributed by atoms with E-state index in [1.54, 1.807) is 12.1 Å². The molecule has 22 heavy (non-hydrogen) atoms. The summed E-state index contributed by atoms with van der Waals surface area (Å²) in [6.45, 7) is 1.93. The van der Waals surface area contributed by atoms with Gasteiger partial charge < -0.3 is 9.73 Å². The van der Waals surface area contributed by atoms with Crippen LogP contribution in [0, 0.1) is 6.92 Å². The number of oxazole rings is 1. The Labute approximate surface area is 140 Å². The Hall–Kier alpha value is -1.85. The number of hydrogen-bond donors (Lipinski definition) is 1. The second-order valence-electron chi connectivity index (χ2n) is 4.85. The number of nitrogens with one attached hydrogen (secondary N) is 1. The number of halogens is 2. The predicted octanol–water partition coefficient (Wildman–Crippen LogP) is 4.86. The van der Waals surface area contributed by atoms with E-state index in [1.807, 2.05) is 37.3 Å². The average molecular weight is 380 g/mol. The van der Waals surface area contributed by atoms with E-state index >= 15 is 0 Å². The summed E-state index contributed by atoms with van der Waals surface area (Å²) in [5.41, 5.74) is 2.92. The molecule has 112 valence electrons. The van der Waals surface area contributed by atoms with Gasteiger partial charge in [0.25, 0.3) is 0 Å². The van der Waals surface area contributed by atoms with E-state index in [2.05, 4.69) is 26.2 Å². The molecule has 0 saturated carbocycles. The fraction of sp³-hybridized carbons (Fsp3) is 0.125. The number of para-hydroxylation sites is 2. The number of hydrogen-bond acceptors (Lipinski definition) is 3. The summed E-state index contributed by atoms with van der Waals surface area (Å²) in [7, 11) is 0. The lowest BCUT2D eigenvalue weighted by atomic mass is 10.2. The topological polar surface area (TPSA) is 55.1 Å². The maximum atomic E-state index is 12.3. The van der Waals surface area contributed by atoms with Crippen LogP contribution in [0.4, 0.5) is 5.69 Å². The van der Waals surface area contributed by atoms with Crippen LogP contribution in [0.5, 0.6) is 0 Å². The van der Waals surface area contributed by atoms with Gasteiger partial charge in [0.05, 0.1) is 10.7 Å².